The van der Waals surface area contributed by atoms with Crippen LogP contribution in [0.1, 0.15) is 24.6 Å². The van der Waals surface area contributed by atoms with E-state index in [0.717, 1.165) is 24.7 Å². The van der Waals surface area contributed by atoms with Gasteiger partial charge in [0.2, 0.25) is 0 Å². The van der Waals surface area contributed by atoms with Crippen molar-refractivity contribution in [3.05, 3.63) is 21.8 Å². The van der Waals surface area contributed by atoms with Gasteiger partial charge in [-0.25, -0.2) is 4.39 Å². The van der Waals surface area contributed by atoms with Crippen molar-refractivity contribution in [2.75, 3.05) is 6.54 Å². The minimum Gasteiger partial charge on any atom is -0.348 e. The highest BCUT2D eigenvalue weighted by Gasteiger charge is 2.25. The van der Waals surface area contributed by atoms with E-state index in [2.05, 4.69) is 16.9 Å². The molecule has 1 N–H and O–H groups in total. The molecule has 0 fully saturated rings. The second kappa shape index (κ2) is 3.20. The van der Waals surface area contributed by atoms with Crippen LogP contribution in [0.25, 0.3) is 12.2 Å². The van der Waals surface area contributed by atoms with Gasteiger partial charge in [-0.2, -0.15) is 0 Å². The summed E-state index contributed by atoms with van der Waals surface area (Å²) in [5.41, 5.74) is 1.48. The number of hydrogen-bond acceptors (Lipinski definition) is 1. The molecule has 0 bridgehead atoms. The molecular formula is C13H17FN2. The lowest BCUT2D eigenvalue weighted by molar-refractivity contribution is 0.286. The van der Waals surface area contributed by atoms with Crippen molar-refractivity contribution >= 4 is 12.2 Å². The van der Waals surface area contributed by atoms with Gasteiger partial charge in [-0.15, -0.1) is 0 Å². The highest BCUT2D eigenvalue weighted by molar-refractivity contribution is 5.49. The van der Waals surface area contributed by atoms with Crippen LogP contribution in [0.5, 0.6) is 0 Å². The Hall–Kier alpha value is -1.09. The minimum atomic E-state index is -1.18. The maximum absolute atomic E-state index is 14.0. The number of fused-ring (bicyclic) bond motifs is 3. The van der Waals surface area contributed by atoms with Gasteiger partial charge < -0.3 is 9.88 Å². The van der Waals surface area contributed by atoms with Crippen LogP contribution < -0.4 is 15.9 Å². The fourth-order valence-electron chi connectivity index (χ4n) is 2.84. The second-order valence-corrected chi connectivity index (χ2v) is 5.04. The summed E-state index contributed by atoms with van der Waals surface area (Å²) in [6, 6.07) is 0. The molecule has 86 valence electrons. The van der Waals surface area contributed by atoms with E-state index < -0.39 is 5.67 Å². The van der Waals surface area contributed by atoms with Crippen molar-refractivity contribution in [3.63, 3.8) is 0 Å². The molecule has 2 aliphatic rings. The maximum Gasteiger partial charge on any atom is 0.130 e. The summed E-state index contributed by atoms with van der Waals surface area (Å²) in [6.45, 7) is 3.55. The van der Waals surface area contributed by atoms with Gasteiger partial charge >= 0.3 is 0 Å². The number of nitrogens with zero attached hydrogens (tertiary/aromatic N) is 1. The molecule has 0 saturated carbocycles. The Morgan fingerprint density at radius 1 is 1.50 bits per heavy atom. The molecule has 1 aliphatic heterocycles. The van der Waals surface area contributed by atoms with Gasteiger partial charge in [0.05, 0.1) is 0 Å². The first kappa shape index (κ1) is 10.1. The number of aromatic nitrogens is 1. The molecule has 0 saturated heterocycles. The van der Waals surface area contributed by atoms with E-state index in [-0.39, 0.29) is 0 Å². The average molecular weight is 220 g/mol. The molecule has 0 aromatic carbocycles. The fourth-order valence-corrected chi connectivity index (χ4v) is 2.84. The van der Waals surface area contributed by atoms with E-state index in [1.165, 1.54) is 16.6 Å². The normalized spacial score (nSPS) is 27.7. The largest absolute Gasteiger partial charge is 0.348 e. The molecule has 2 nitrogen and oxygen atoms in total. The van der Waals surface area contributed by atoms with Crippen molar-refractivity contribution in [2.45, 2.75) is 32.0 Å². The second-order valence-electron chi connectivity index (χ2n) is 5.04. The van der Waals surface area contributed by atoms with Crippen LogP contribution in [-0.2, 0) is 20.0 Å². The topological polar surface area (TPSA) is 17.0 Å². The van der Waals surface area contributed by atoms with E-state index in [1.54, 1.807) is 13.0 Å². The van der Waals surface area contributed by atoms with Crippen LogP contribution in [0.4, 0.5) is 4.39 Å². The molecule has 1 atom stereocenters. The van der Waals surface area contributed by atoms with Gasteiger partial charge in [0.1, 0.15) is 5.67 Å². The van der Waals surface area contributed by atoms with Crippen molar-refractivity contribution in [2.24, 2.45) is 7.05 Å². The Labute approximate surface area is 94.5 Å². The standard InChI is InChI=1S/C13H17FN2/c1-13(14)5-3-11-9(7-13)10-8-15-6-4-12(10)16(11)2/h3,7,15H,4-6,8H2,1-2H3. The SMILES string of the molecule is Cn1c2c(c3c1=CCC(C)(F)C=3)CNCC2. The fraction of sp³-hybridized carbons (Fsp3) is 0.538. The van der Waals surface area contributed by atoms with Gasteiger partial charge in [-0.1, -0.05) is 6.08 Å². The third-order valence-corrected chi connectivity index (χ3v) is 3.70. The minimum absolute atomic E-state index is 0.490. The Morgan fingerprint density at radius 3 is 3.12 bits per heavy atom. The van der Waals surface area contributed by atoms with Gasteiger partial charge in [0.25, 0.3) is 0 Å². The third-order valence-electron chi connectivity index (χ3n) is 3.70. The summed E-state index contributed by atoms with van der Waals surface area (Å²) in [5.74, 6) is 0. The monoisotopic (exact) mass is 220 g/mol. The number of rotatable bonds is 0. The van der Waals surface area contributed by atoms with Crippen LogP contribution >= 0.6 is 0 Å². The first-order valence-electron chi connectivity index (χ1n) is 5.88. The van der Waals surface area contributed by atoms with Gasteiger partial charge in [-0.05, 0) is 18.6 Å². The zero-order valence-electron chi connectivity index (χ0n) is 9.81. The van der Waals surface area contributed by atoms with E-state index in [9.17, 15) is 4.39 Å². The summed E-state index contributed by atoms with van der Waals surface area (Å²) in [7, 11) is 2.09. The lowest BCUT2D eigenvalue weighted by Crippen LogP contribution is -2.37. The quantitative estimate of drug-likeness (QED) is 0.668. The van der Waals surface area contributed by atoms with E-state index in [1.807, 2.05) is 6.08 Å². The molecule has 1 unspecified atom stereocenters. The lowest BCUT2D eigenvalue weighted by atomic mass is 9.96. The molecule has 1 aromatic rings. The van der Waals surface area contributed by atoms with Crippen molar-refractivity contribution in [3.8, 4) is 0 Å². The highest BCUT2D eigenvalue weighted by atomic mass is 19.1. The van der Waals surface area contributed by atoms with E-state index >= 15 is 0 Å². The molecule has 2 heterocycles. The van der Waals surface area contributed by atoms with E-state index in [4.69, 9.17) is 0 Å². The lowest BCUT2D eigenvalue weighted by Gasteiger charge is -2.16. The smallest absolute Gasteiger partial charge is 0.130 e. The summed E-state index contributed by atoms with van der Waals surface area (Å²) < 4.78 is 16.2. The summed E-state index contributed by atoms with van der Waals surface area (Å²) >= 11 is 0. The molecule has 1 aliphatic carbocycles. The zero-order valence-corrected chi connectivity index (χ0v) is 9.81. The van der Waals surface area contributed by atoms with Gasteiger partial charge in [-0.3, -0.25) is 0 Å². The molecule has 0 amide bonds. The van der Waals surface area contributed by atoms with Crippen LogP contribution in [0.2, 0.25) is 0 Å². The van der Waals surface area contributed by atoms with Crippen LogP contribution in [0.3, 0.4) is 0 Å². The summed E-state index contributed by atoms with van der Waals surface area (Å²) in [5, 5.41) is 5.67. The van der Waals surface area contributed by atoms with Gasteiger partial charge in [0.15, 0.2) is 0 Å². The van der Waals surface area contributed by atoms with Crippen molar-refractivity contribution < 1.29 is 4.39 Å². The van der Waals surface area contributed by atoms with Crippen LogP contribution in [0, 0.1) is 0 Å². The average Bonchev–Trinajstić information content (AvgIpc) is 2.52. The summed E-state index contributed by atoms with van der Waals surface area (Å²) in [6.07, 6.45) is 5.37. The van der Waals surface area contributed by atoms with Crippen molar-refractivity contribution in [1.82, 2.24) is 9.88 Å². The van der Waals surface area contributed by atoms with Crippen LogP contribution in [0.15, 0.2) is 0 Å². The molecule has 16 heavy (non-hydrogen) atoms. The maximum atomic E-state index is 14.0. The molecule has 3 heteroatoms. The molecule has 0 spiro atoms. The third kappa shape index (κ3) is 1.34. The number of hydrogen-bond donors (Lipinski definition) is 1. The Morgan fingerprint density at radius 2 is 2.31 bits per heavy atom. The first-order valence-corrected chi connectivity index (χ1v) is 5.88. The Kier molecular flexibility index (Phi) is 2.02. The van der Waals surface area contributed by atoms with E-state index in [0.29, 0.717) is 6.42 Å². The van der Waals surface area contributed by atoms with Gasteiger partial charge in [0, 0.05) is 49.2 Å². The number of halogens is 1. The number of nitrogens with one attached hydrogen (secondary N) is 1. The molecule has 0 radical (unpaired) electrons. The predicted octanol–water partition coefficient (Wildman–Crippen LogP) is 0.364. The molecule has 3 rings (SSSR count). The van der Waals surface area contributed by atoms with Crippen molar-refractivity contribution in [1.29, 1.82) is 0 Å². The van der Waals surface area contributed by atoms with Crippen LogP contribution in [-0.4, -0.2) is 16.8 Å². The number of alkyl halides is 1. The Balaban J connectivity index is 2.35. The highest BCUT2D eigenvalue weighted by Crippen LogP contribution is 2.20. The molecule has 1 aromatic heterocycles. The molecular weight excluding hydrogens is 203 g/mol. The Bertz CT molecular complexity index is 551. The first-order chi connectivity index (χ1) is 7.58. The predicted molar refractivity (Wildman–Crippen MR) is 63.1 cm³/mol. The summed E-state index contributed by atoms with van der Waals surface area (Å²) in [4.78, 5) is 0. The zero-order chi connectivity index (χ0) is 11.3.